The van der Waals surface area contributed by atoms with E-state index in [0.717, 1.165) is 10.4 Å². The molecule has 1 aromatic carbocycles. The summed E-state index contributed by atoms with van der Waals surface area (Å²) in [7, 11) is 0. The number of hydrogen-bond acceptors (Lipinski definition) is 1. The van der Waals surface area contributed by atoms with Crippen LogP contribution >= 0.6 is 0 Å². The van der Waals surface area contributed by atoms with Gasteiger partial charge < -0.3 is 5.92 Å². The molecule has 0 aliphatic rings. The summed E-state index contributed by atoms with van der Waals surface area (Å²) in [6.45, 7) is 13.2. The summed E-state index contributed by atoms with van der Waals surface area (Å²) in [5, 5.41) is 0. The molecule has 0 heterocycles. The van der Waals surface area contributed by atoms with Gasteiger partial charge >= 0.3 is 153 Å². The van der Waals surface area contributed by atoms with Crippen LogP contribution in [0.4, 0.5) is 0 Å². The Morgan fingerprint density at radius 3 is 1.67 bits per heavy atom. The van der Waals surface area contributed by atoms with Gasteiger partial charge in [0.05, 0.1) is 0 Å². The van der Waals surface area contributed by atoms with Crippen LogP contribution in [0.3, 0.4) is 0 Å². The van der Waals surface area contributed by atoms with Crippen molar-refractivity contribution in [3.05, 3.63) is 36.2 Å². The van der Waals surface area contributed by atoms with Gasteiger partial charge in [-0.2, -0.15) is 20.8 Å². The fourth-order valence-corrected chi connectivity index (χ4v) is 17.1. The average molecular weight is 524 g/mol. The second kappa shape index (κ2) is 21.6. The van der Waals surface area contributed by atoms with Crippen LogP contribution in [-0.2, 0) is 17.1 Å². The Hall–Kier alpha value is 0.936. The summed E-state index contributed by atoms with van der Waals surface area (Å²) < 4.78 is 11.8. The third-order valence-corrected chi connectivity index (χ3v) is 18.7. The van der Waals surface area contributed by atoms with E-state index < -0.39 is 18.4 Å². The molecular weight excluding hydrogens is 481 g/mol. The van der Waals surface area contributed by atoms with Crippen LogP contribution in [0, 0.1) is 12.0 Å². The van der Waals surface area contributed by atoms with E-state index in [2.05, 4.69) is 53.7 Å². The molecule has 0 fully saturated rings. The molecule has 1 nitrogen and oxygen atoms in total. The molecule has 0 aliphatic carbocycles. The molecule has 0 aliphatic heterocycles. The van der Waals surface area contributed by atoms with Gasteiger partial charge in [0.15, 0.2) is 0 Å². The number of rotatable bonds is 12. The summed E-state index contributed by atoms with van der Waals surface area (Å²) in [4.78, 5) is 0. The molecule has 0 atom stereocenters. The molecule has 0 N–H and O–H groups in total. The fraction of sp³-hybridized carbons (Fsp3) is 0.696. The van der Waals surface area contributed by atoms with Gasteiger partial charge in [-0.15, -0.1) is 0 Å². The van der Waals surface area contributed by atoms with E-state index in [-0.39, 0.29) is 35.9 Å². The zero-order chi connectivity index (χ0) is 19.0. The van der Waals surface area contributed by atoms with Crippen molar-refractivity contribution in [1.82, 2.24) is 0 Å². The van der Waals surface area contributed by atoms with Crippen molar-refractivity contribution in [2.24, 2.45) is 0 Å². The maximum atomic E-state index is 6.20. The van der Waals surface area contributed by atoms with Crippen molar-refractivity contribution in [3.8, 4) is 5.75 Å². The van der Waals surface area contributed by atoms with Gasteiger partial charge in [-0.3, -0.25) is 0 Å². The number of benzene rings is 1. The quantitative estimate of drug-likeness (QED) is 0.204. The smallest absolute Gasteiger partial charge is 0.323 e. The molecule has 1 aromatic rings. The second-order valence-corrected chi connectivity index (χ2v) is 21.5. The van der Waals surface area contributed by atoms with Crippen LogP contribution < -0.4 is 4.74 Å². The number of para-hydroxylation sites is 1. The van der Waals surface area contributed by atoms with Gasteiger partial charge in [0.25, 0.3) is 0 Å². The first-order valence-corrected chi connectivity index (χ1v) is 18.4. The van der Waals surface area contributed by atoms with Crippen LogP contribution in [0.2, 0.25) is 13.3 Å². The number of ether oxygens (including phenoxy) is 1. The van der Waals surface area contributed by atoms with E-state index in [1.165, 1.54) is 57.8 Å². The van der Waals surface area contributed by atoms with Crippen LogP contribution in [0.1, 0.15) is 80.1 Å². The standard InChI is InChI=1S/C7H6O.4C4H9.Cu.Li.Sn/c1-8-7-5-3-2-4-6-7;1-4(2)3;3*1-3-4-2;;;/h2-5H,1H2;1-3H3;3*1,3-4H2,2H3;;;/q2*-1;;;;+2;;. The molecule has 0 amide bonds. The monoisotopic (exact) mass is 524 g/mol. The van der Waals surface area contributed by atoms with Gasteiger partial charge in [0, 0.05) is 18.9 Å². The van der Waals surface area contributed by atoms with E-state index in [4.69, 9.17) is 4.74 Å². The van der Waals surface area contributed by atoms with Crippen molar-refractivity contribution in [3.63, 3.8) is 0 Å². The molecule has 0 bridgehead atoms. The molecule has 0 saturated carbocycles. The van der Waals surface area contributed by atoms with Crippen LogP contribution in [0.25, 0.3) is 0 Å². The van der Waals surface area contributed by atoms with Crippen molar-refractivity contribution < 1.29 is 21.8 Å². The van der Waals surface area contributed by atoms with Crippen LogP contribution in [-0.4, -0.2) is 41.9 Å². The first kappa shape index (κ1) is 32.6. The molecule has 4 heteroatoms. The molecule has 156 valence electrons. The minimum atomic E-state index is -2.13. The minimum absolute atomic E-state index is 0. The third kappa shape index (κ3) is 18.7. The molecule has 0 saturated heterocycles. The maximum Gasteiger partial charge on any atom is 2.00 e. The summed E-state index contributed by atoms with van der Waals surface area (Å²) in [5.74, 6) is 2.36. The largest absolute Gasteiger partial charge is 2.00 e. The Morgan fingerprint density at radius 2 is 1.33 bits per heavy atom. The summed E-state index contributed by atoms with van der Waals surface area (Å²) in [5.41, 5.74) is 0. The Kier molecular flexibility index (Phi) is 26.1. The number of hydrogen-bond donors (Lipinski definition) is 0. The molecule has 0 unspecified atom stereocenters. The van der Waals surface area contributed by atoms with Crippen LogP contribution in [0.15, 0.2) is 24.3 Å². The second-order valence-electron chi connectivity index (χ2n) is 7.83. The van der Waals surface area contributed by atoms with Gasteiger partial charge in [0.2, 0.25) is 0 Å². The van der Waals surface area contributed by atoms with Crippen molar-refractivity contribution >= 4 is 37.2 Å². The average Bonchev–Trinajstić information content (AvgIpc) is 2.61. The zero-order valence-electron chi connectivity index (χ0n) is 19.1. The molecule has 2 radical (unpaired) electrons. The Morgan fingerprint density at radius 1 is 0.889 bits per heavy atom. The normalized spacial score (nSPS) is 10.3. The predicted octanol–water partition coefficient (Wildman–Crippen LogP) is 7.49. The fourth-order valence-electron chi connectivity index (χ4n) is 2.94. The molecule has 0 aromatic heterocycles. The van der Waals surface area contributed by atoms with Gasteiger partial charge in [-0.05, 0) is 0 Å². The molecule has 27 heavy (non-hydrogen) atoms. The zero-order valence-corrected chi connectivity index (χ0v) is 22.9. The van der Waals surface area contributed by atoms with Crippen molar-refractivity contribution in [1.29, 1.82) is 0 Å². The topological polar surface area (TPSA) is 9.23 Å². The van der Waals surface area contributed by atoms with Gasteiger partial charge in [-0.1, -0.05) is 0 Å². The van der Waals surface area contributed by atoms with Crippen molar-refractivity contribution in [2.45, 2.75) is 93.4 Å². The molecular formula is C23H42CuLiOSn. The Bertz CT molecular complexity index is 376. The minimum Gasteiger partial charge on any atom is -0.323 e. The summed E-state index contributed by atoms with van der Waals surface area (Å²) in [6.07, 6.45) is 8.21. The van der Waals surface area contributed by atoms with Gasteiger partial charge in [0.1, 0.15) is 0 Å². The Balaban J connectivity index is -0.000000871. The Labute approximate surface area is 197 Å². The molecule has 1 rings (SSSR count). The summed E-state index contributed by atoms with van der Waals surface area (Å²) >= 11 is -2.13. The first-order valence-electron chi connectivity index (χ1n) is 10.4. The number of unbranched alkanes of at least 4 members (excludes halogenated alkanes) is 3. The van der Waals surface area contributed by atoms with Gasteiger partial charge in [-0.25, -0.2) is 0 Å². The van der Waals surface area contributed by atoms with E-state index in [0.29, 0.717) is 0 Å². The van der Waals surface area contributed by atoms with Crippen molar-refractivity contribution in [2.75, 3.05) is 4.62 Å². The predicted molar refractivity (Wildman–Crippen MR) is 122 cm³/mol. The third-order valence-electron chi connectivity index (χ3n) is 4.40. The van der Waals surface area contributed by atoms with E-state index in [1.54, 1.807) is 0 Å². The first-order chi connectivity index (χ1) is 12.0. The van der Waals surface area contributed by atoms with E-state index in [9.17, 15) is 0 Å². The van der Waals surface area contributed by atoms with Crippen LogP contribution in [0.5, 0.6) is 5.75 Å². The maximum absolute atomic E-state index is 6.20. The SMILES string of the molecule is CCC[CH2][Sn]([CH2]CCC)([CH2]CCC)[CH2]Oc1[c-]cccc1.C[C-](C)C.[Cu+2].[Li]. The summed E-state index contributed by atoms with van der Waals surface area (Å²) in [6, 6.07) is 11.3. The van der Waals surface area contributed by atoms with E-state index >= 15 is 0 Å². The molecule has 0 spiro atoms. The van der Waals surface area contributed by atoms with E-state index in [1.807, 2.05) is 18.2 Å².